The van der Waals surface area contributed by atoms with Crippen molar-refractivity contribution in [2.45, 2.75) is 44.8 Å². The molecule has 2 aliphatic rings. The lowest BCUT2D eigenvalue weighted by Gasteiger charge is -2.27. The predicted octanol–water partition coefficient (Wildman–Crippen LogP) is 2.23. The van der Waals surface area contributed by atoms with Crippen LogP contribution in [0.2, 0.25) is 0 Å². The molecule has 0 amide bonds. The molecule has 7 heteroatoms. The summed E-state index contributed by atoms with van der Waals surface area (Å²) in [5, 5.41) is 19.0. The number of aliphatic hydroxyl groups excluding tert-OH is 1. The van der Waals surface area contributed by atoms with Crippen LogP contribution < -0.4 is 10.6 Å². The summed E-state index contributed by atoms with van der Waals surface area (Å²) in [6.45, 7) is 7.50. The molecule has 1 aliphatic carbocycles. The van der Waals surface area contributed by atoms with E-state index in [0.29, 0.717) is 19.2 Å². The molecule has 0 aromatic carbocycles. The SMILES string of the molecule is CCNC(=NCC(O)COCC1CC1)NCC(c1cccs1)N1CCCC1. The molecule has 3 rings (SSSR count). The second-order valence-electron chi connectivity index (χ2n) is 7.51. The van der Waals surface area contributed by atoms with Crippen molar-refractivity contribution in [3.8, 4) is 0 Å². The van der Waals surface area contributed by atoms with Crippen LogP contribution in [0.1, 0.15) is 43.5 Å². The first-order valence-electron chi connectivity index (χ1n) is 10.3. The number of guanidine groups is 1. The zero-order chi connectivity index (χ0) is 18.9. The number of likely N-dealkylation sites (tertiary alicyclic amines) is 1. The minimum atomic E-state index is -0.550. The maximum Gasteiger partial charge on any atom is 0.191 e. The van der Waals surface area contributed by atoms with E-state index >= 15 is 0 Å². The summed E-state index contributed by atoms with van der Waals surface area (Å²) in [4.78, 5) is 8.51. The first-order valence-corrected chi connectivity index (χ1v) is 11.2. The predicted molar refractivity (Wildman–Crippen MR) is 111 cm³/mol. The summed E-state index contributed by atoms with van der Waals surface area (Å²) in [5.41, 5.74) is 0. The minimum absolute atomic E-state index is 0.355. The van der Waals surface area contributed by atoms with E-state index in [1.807, 2.05) is 11.3 Å². The van der Waals surface area contributed by atoms with Crippen molar-refractivity contribution in [3.63, 3.8) is 0 Å². The highest BCUT2D eigenvalue weighted by Crippen LogP contribution is 2.29. The Hall–Kier alpha value is -1.15. The van der Waals surface area contributed by atoms with Crippen LogP contribution in [-0.4, -0.2) is 68.0 Å². The Bertz CT molecular complexity index is 556. The van der Waals surface area contributed by atoms with E-state index in [1.165, 1.54) is 30.6 Å². The Morgan fingerprint density at radius 2 is 2.19 bits per heavy atom. The molecule has 6 nitrogen and oxygen atoms in total. The molecule has 1 aromatic rings. The van der Waals surface area contributed by atoms with E-state index in [2.05, 4.69) is 45.0 Å². The van der Waals surface area contributed by atoms with Gasteiger partial charge in [0.2, 0.25) is 0 Å². The number of nitrogens with one attached hydrogen (secondary N) is 2. The highest BCUT2D eigenvalue weighted by Gasteiger charge is 2.24. The van der Waals surface area contributed by atoms with Crippen molar-refractivity contribution in [2.75, 3.05) is 45.9 Å². The van der Waals surface area contributed by atoms with Crippen molar-refractivity contribution in [1.82, 2.24) is 15.5 Å². The Balaban J connectivity index is 1.48. The first kappa shape index (κ1) is 20.6. The second-order valence-corrected chi connectivity index (χ2v) is 8.49. The Labute approximate surface area is 167 Å². The lowest BCUT2D eigenvalue weighted by Crippen LogP contribution is -2.43. The monoisotopic (exact) mass is 394 g/mol. The van der Waals surface area contributed by atoms with Crippen LogP contribution in [0, 0.1) is 5.92 Å². The van der Waals surface area contributed by atoms with Gasteiger partial charge in [-0.25, -0.2) is 0 Å². The van der Waals surface area contributed by atoms with Gasteiger partial charge in [-0.05, 0) is 63.1 Å². The molecule has 1 aliphatic heterocycles. The molecule has 0 spiro atoms. The van der Waals surface area contributed by atoms with E-state index in [1.54, 1.807) is 0 Å². The molecule has 1 aromatic heterocycles. The third kappa shape index (κ3) is 7.07. The van der Waals surface area contributed by atoms with Crippen LogP contribution in [0.4, 0.5) is 0 Å². The summed E-state index contributed by atoms with van der Waals surface area (Å²) in [6, 6.07) is 4.73. The standard InChI is InChI=1S/C20H34N4O2S/c1-2-21-20(22-12-17(25)15-26-14-16-7-8-16)23-13-18(19-6-5-11-27-19)24-9-3-4-10-24/h5-6,11,16-18,25H,2-4,7-10,12-15H2,1H3,(H2,21,22,23). The van der Waals surface area contributed by atoms with Crippen LogP contribution in [0.25, 0.3) is 0 Å². The molecule has 0 bridgehead atoms. The van der Waals surface area contributed by atoms with Crippen molar-refractivity contribution in [2.24, 2.45) is 10.9 Å². The van der Waals surface area contributed by atoms with Gasteiger partial charge in [-0.3, -0.25) is 9.89 Å². The van der Waals surface area contributed by atoms with Gasteiger partial charge in [0.15, 0.2) is 5.96 Å². The first-order chi connectivity index (χ1) is 13.3. The Kier molecular flexibility index (Phi) is 8.38. The molecular weight excluding hydrogens is 360 g/mol. The van der Waals surface area contributed by atoms with Crippen molar-refractivity contribution >= 4 is 17.3 Å². The van der Waals surface area contributed by atoms with Crippen LogP contribution in [0.15, 0.2) is 22.5 Å². The van der Waals surface area contributed by atoms with Gasteiger partial charge in [0, 0.05) is 24.6 Å². The van der Waals surface area contributed by atoms with Gasteiger partial charge in [0.05, 0.1) is 25.3 Å². The van der Waals surface area contributed by atoms with Gasteiger partial charge in [-0.1, -0.05) is 6.07 Å². The largest absolute Gasteiger partial charge is 0.389 e. The van der Waals surface area contributed by atoms with E-state index in [9.17, 15) is 5.11 Å². The van der Waals surface area contributed by atoms with Gasteiger partial charge in [0.25, 0.3) is 0 Å². The maximum atomic E-state index is 10.1. The zero-order valence-corrected chi connectivity index (χ0v) is 17.2. The number of ether oxygens (including phenoxy) is 1. The summed E-state index contributed by atoms with van der Waals surface area (Å²) in [6.07, 6.45) is 4.55. The molecule has 1 saturated heterocycles. The molecule has 0 radical (unpaired) electrons. The number of aliphatic imine (C=N–C) groups is 1. The van der Waals surface area contributed by atoms with Crippen LogP contribution in [-0.2, 0) is 4.74 Å². The highest BCUT2D eigenvalue weighted by atomic mass is 32.1. The topological polar surface area (TPSA) is 69.1 Å². The van der Waals surface area contributed by atoms with Crippen LogP contribution in [0.5, 0.6) is 0 Å². The van der Waals surface area contributed by atoms with E-state index in [4.69, 9.17) is 4.74 Å². The molecule has 2 atom stereocenters. The fraction of sp³-hybridized carbons (Fsp3) is 0.750. The van der Waals surface area contributed by atoms with Gasteiger partial charge in [0.1, 0.15) is 0 Å². The second kappa shape index (κ2) is 11.0. The molecule has 2 unspecified atom stereocenters. The minimum Gasteiger partial charge on any atom is -0.389 e. The summed E-state index contributed by atoms with van der Waals surface area (Å²) < 4.78 is 5.56. The smallest absolute Gasteiger partial charge is 0.191 e. The lowest BCUT2D eigenvalue weighted by atomic mass is 10.2. The number of thiophene rings is 1. The third-order valence-electron chi connectivity index (χ3n) is 5.08. The molecule has 152 valence electrons. The quantitative estimate of drug-likeness (QED) is 0.397. The summed E-state index contributed by atoms with van der Waals surface area (Å²) >= 11 is 1.82. The number of aliphatic hydroxyl groups is 1. The average Bonchev–Trinajstić information content (AvgIpc) is 3.13. The Morgan fingerprint density at radius 1 is 1.37 bits per heavy atom. The van der Waals surface area contributed by atoms with Gasteiger partial charge >= 0.3 is 0 Å². The fourth-order valence-corrected chi connectivity index (χ4v) is 4.24. The van der Waals surface area contributed by atoms with Crippen molar-refractivity contribution < 1.29 is 9.84 Å². The molecule has 2 heterocycles. The Morgan fingerprint density at radius 3 is 2.85 bits per heavy atom. The zero-order valence-electron chi connectivity index (χ0n) is 16.4. The van der Waals surface area contributed by atoms with Crippen molar-refractivity contribution in [3.05, 3.63) is 22.4 Å². The molecule has 3 N–H and O–H groups in total. The van der Waals surface area contributed by atoms with Crippen LogP contribution in [0.3, 0.4) is 0 Å². The van der Waals surface area contributed by atoms with E-state index in [-0.39, 0.29) is 0 Å². The molecule has 1 saturated carbocycles. The van der Waals surface area contributed by atoms with Crippen LogP contribution >= 0.6 is 11.3 Å². The van der Waals surface area contributed by atoms with Gasteiger partial charge < -0.3 is 20.5 Å². The number of hydrogen-bond donors (Lipinski definition) is 3. The highest BCUT2D eigenvalue weighted by molar-refractivity contribution is 7.10. The molecular formula is C20H34N4O2S. The summed E-state index contributed by atoms with van der Waals surface area (Å²) in [7, 11) is 0. The lowest BCUT2D eigenvalue weighted by molar-refractivity contribution is 0.0368. The third-order valence-corrected chi connectivity index (χ3v) is 6.05. The molecule has 27 heavy (non-hydrogen) atoms. The van der Waals surface area contributed by atoms with E-state index in [0.717, 1.165) is 44.7 Å². The van der Waals surface area contributed by atoms with E-state index < -0.39 is 6.10 Å². The normalized spacial score (nSPS) is 20.6. The van der Waals surface area contributed by atoms with Crippen molar-refractivity contribution in [1.29, 1.82) is 0 Å². The fourth-order valence-electron chi connectivity index (χ4n) is 3.38. The average molecular weight is 395 g/mol. The number of rotatable bonds is 11. The van der Waals surface area contributed by atoms with Gasteiger partial charge in [-0.15, -0.1) is 11.3 Å². The molecule has 2 fully saturated rings. The van der Waals surface area contributed by atoms with Gasteiger partial charge in [-0.2, -0.15) is 0 Å². The maximum absolute atomic E-state index is 10.1. The summed E-state index contributed by atoms with van der Waals surface area (Å²) in [5.74, 6) is 1.49. The number of nitrogens with zero attached hydrogens (tertiary/aromatic N) is 2. The number of hydrogen-bond acceptors (Lipinski definition) is 5.